The standard InChI is InChI=1S/C24H24N2O3.C3H6O/c1-15-21-17-12-8-9-13-18(17)22(16-10-6-5-7-11-16)25-19(23(21)29-26-15)14-20(27)28-24(2,3)4;1-3(2)4/h5-13,19H,14H2,1-4H3;1-2H3/t19-;/m0./s1. The Hall–Kier alpha value is -3.54. The molecule has 6 heteroatoms. The first-order valence-electron chi connectivity index (χ1n) is 10.9. The van der Waals surface area contributed by atoms with E-state index in [-0.39, 0.29) is 18.2 Å². The van der Waals surface area contributed by atoms with E-state index in [0.29, 0.717) is 5.76 Å². The van der Waals surface area contributed by atoms with Crippen molar-refractivity contribution in [1.29, 1.82) is 0 Å². The van der Waals surface area contributed by atoms with Crippen molar-refractivity contribution in [1.82, 2.24) is 5.16 Å². The quantitative estimate of drug-likeness (QED) is 0.470. The zero-order valence-corrected chi connectivity index (χ0v) is 20.0. The Bertz CT molecular complexity index is 1170. The molecule has 0 aliphatic carbocycles. The number of esters is 1. The molecular weight excluding hydrogens is 416 g/mol. The maximum atomic E-state index is 12.6. The first-order chi connectivity index (χ1) is 15.6. The van der Waals surface area contributed by atoms with Crippen molar-refractivity contribution in [3.63, 3.8) is 0 Å². The molecule has 0 saturated carbocycles. The van der Waals surface area contributed by atoms with Crippen LogP contribution in [0.2, 0.25) is 0 Å². The number of hydrogen-bond acceptors (Lipinski definition) is 6. The number of benzene rings is 2. The summed E-state index contributed by atoms with van der Waals surface area (Å²) in [7, 11) is 0. The molecule has 1 aromatic heterocycles. The molecule has 0 spiro atoms. The van der Waals surface area contributed by atoms with Gasteiger partial charge in [0.1, 0.15) is 17.4 Å². The van der Waals surface area contributed by atoms with E-state index in [4.69, 9.17) is 14.3 Å². The summed E-state index contributed by atoms with van der Waals surface area (Å²) in [6, 6.07) is 17.6. The van der Waals surface area contributed by atoms with Gasteiger partial charge in [-0.15, -0.1) is 0 Å². The number of aromatic nitrogens is 1. The second-order valence-corrected chi connectivity index (χ2v) is 9.11. The summed E-state index contributed by atoms with van der Waals surface area (Å²) in [5.74, 6) is 0.455. The van der Waals surface area contributed by atoms with E-state index in [2.05, 4.69) is 5.16 Å². The Kier molecular flexibility index (Phi) is 7.26. The maximum absolute atomic E-state index is 12.6. The second-order valence-electron chi connectivity index (χ2n) is 9.11. The number of ether oxygens (including phenoxy) is 1. The highest BCUT2D eigenvalue weighted by Gasteiger charge is 2.32. The van der Waals surface area contributed by atoms with Crippen LogP contribution in [-0.4, -0.2) is 28.2 Å². The maximum Gasteiger partial charge on any atom is 0.308 e. The number of Topliss-reactive ketones (excluding diaryl/α,β-unsaturated/α-hetero) is 1. The number of rotatable bonds is 3. The minimum Gasteiger partial charge on any atom is -0.460 e. The van der Waals surface area contributed by atoms with Gasteiger partial charge in [-0.25, -0.2) is 0 Å². The van der Waals surface area contributed by atoms with Crippen LogP contribution in [0.15, 0.2) is 64.1 Å². The molecule has 0 amide bonds. The third-order valence-corrected chi connectivity index (χ3v) is 4.76. The van der Waals surface area contributed by atoms with Crippen LogP contribution in [0.4, 0.5) is 0 Å². The number of ketones is 1. The van der Waals surface area contributed by atoms with Gasteiger partial charge in [-0.3, -0.25) is 9.79 Å². The number of nitrogens with zero attached hydrogens (tertiary/aromatic N) is 2. The molecule has 2 aromatic carbocycles. The predicted molar refractivity (Wildman–Crippen MR) is 128 cm³/mol. The van der Waals surface area contributed by atoms with Gasteiger partial charge in [0, 0.05) is 11.1 Å². The third kappa shape index (κ3) is 6.04. The molecule has 1 atom stereocenters. The van der Waals surface area contributed by atoms with Gasteiger partial charge in [-0.2, -0.15) is 0 Å². The van der Waals surface area contributed by atoms with Crippen molar-refractivity contribution in [3.05, 3.63) is 77.2 Å². The van der Waals surface area contributed by atoms with Crippen molar-refractivity contribution in [2.45, 2.75) is 59.6 Å². The Morgan fingerprint density at radius 3 is 2.15 bits per heavy atom. The van der Waals surface area contributed by atoms with Gasteiger partial charge in [0.25, 0.3) is 0 Å². The second kappa shape index (κ2) is 9.94. The third-order valence-electron chi connectivity index (χ3n) is 4.76. The van der Waals surface area contributed by atoms with Gasteiger partial charge in [-0.1, -0.05) is 59.8 Å². The first kappa shape index (κ1) is 24.1. The lowest BCUT2D eigenvalue weighted by Gasteiger charge is -2.20. The number of hydrogen-bond donors (Lipinski definition) is 0. The minimum absolute atomic E-state index is 0.0865. The Balaban J connectivity index is 0.000000709. The van der Waals surface area contributed by atoms with E-state index in [1.165, 1.54) is 13.8 Å². The van der Waals surface area contributed by atoms with E-state index >= 15 is 0 Å². The average molecular weight is 447 g/mol. The van der Waals surface area contributed by atoms with Crippen LogP contribution in [0.3, 0.4) is 0 Å². The van der Waals surface area contributed by atoms with Crippen LogP contribution in [0, 0.1) is 6.92 Å². The molecule has 0 bridgehead atoms. The molecule has 4 rings (SSSR count). The Morgan fingerprint density at radius 1 is 0.970 bits per heavy atom. The lowest BCUT2D eigenvalue weighted by atomic mass is 9.93. The molecule has 33 heavy (non-hydrogen) atoms. The summed E-state index contributed by atoms with van der Waals surface area (Å²) < 4.78 is 11.2. The highest BCUT2D eigenvalue weighted by Crippen LogP contribution is 2.40. The number of aliphatic imine (C=N–C) groups is 1. The molecule has 0 fully saturated rings. The largest absolute Gasteiger partial charge is 0.460 e. The normalized spacial score (nSPS) is 14.6. The van der Waals surface area contributed by atoms with Gasteiger partial charge in [-0.05, 0) is 47.1 Å². The number of fused-ring (bicyclic) bond motifs is 3. The average Bonchev–Trinajstić information content (AvgIpc) is 3.04. The summed E-state index contributed by atoms with van der Waals surface area (Å²) in [6.07, 6.45) is 0.0865. The van der Waals surface area contributed by atoms with Gasteiger partial charge in [0.05, 0.1) is 23.4 Å². The molecule has 172 valence electrons. The smallest absolute Gasteiger partial charge is 0.308 e. The molecule has 2 heterocycles. The van der Waals surface area contributed by atoms with Gasteiger partial charge >= 0.3 is 5.97 Å². The molecule has 1 aliphatic rings. The molecular formula is C27H30N2O4. The fraction of sp³-hybridized carbons (Fsp3) is 0.333. The van der Waals surface area contributed by atoms with E-state index < -0.39 is 11.6 Å². The molecule has 0 saturated heterocycles. The fourth-order valence-corrected chi connectivity index (χ4v) is 3.64. The summed E-state index contributed by atoms with van der Waals surface area (Å²) >= 11 is 0. The highest BCUT2D eigenvalue weighted by molar-refractivity contribution is 6.17. The highest BCUT2D eigenvalue weighted by atomic mass is 16.6. The van der Waals surface area contributed by atoms with Gasteiger partial charge in [0.15, 0.2) is 5.76 Å². The van der Waals surface area contributed by atoms with Crippen LogP contribution < -0.4 is 0 Å². The van der Waals surface area contributed by atoms with E-state index in [1.54, 1.807) is 0 Å². The van der Waals surface area contributed by atoms with Gasteiger partial charge in [0.2, 0.25) is 0 Å². The SMILES string of the molecule is CC(C)=O.Cc1noc2c1-c1ccccc1C(c1ccccc1)=N[C@H]2CC(=O)OC(C)(C)C. The summed E-state index contributed by atoms with van der Waals surface area (Å²) in [5, 5.41) is 4.17. The van der Waals surface area contributed by atoms with Crippen molar-refractivity contribution in [2.75, 3.05) is 0 Å². The fourth-order valence-electron chi connectivity index (χ4n) is 3.64. The zero-order chi connectivity index (χ0) is 24.2. The summed E-state index contributed by atoms with van der Waals surface area (Å²) in [6.45, 7) is 10.5. The molecule has 3 aromatic rings. The molecule has 6 nitrogen and oxygen atoms in total. The number of carbonyl (C=O) groups is 2. The predicted octanol–water partition coefficient (Wildman–Crippen LogP) is 5.87. The van der Waals surface area contributed by atoms with Gasteiger partial charge < -0.3 is 14.1 Å². The first-order valence-corrected chi connectivity index (χ1v) is 10.9. The zero-order valence-electron chi connectivity index (χ0n) is 20.0. The number of aryl methyl sites for hydroxylation is 1. The summed E-state index contributed by atoms with van der Waals surface area (Å²) in [4.78, 5) is 27.1. The van der Waals surface area contributed by atoms with Crippen LogP contribution in [-0.2, 0) is 14.3 Å². The van der Waals surface area contributed by atoms with Crippen molar-refractivity contribution in [3.8, 4) is 11.1 Å². The molecule has 0 N–H and O–H groups in total. The lowest BCUT2D eigenvalue weighted by molar-refractivity contribution is -0.155. The molecule has 0 unspecified atom stereocenters. The van der Waals surface area contributed by atoms with Crippen LogP contribution in [0.1, 0.15) is 69.7 Å². The Labute approximate surface area is 194 Å². The monoisotopic (exact) mass is 446 g/mol. The lowest BCUT2D eigenvalue weighted by Crippen LogP contribution is -2.24. The minimum atomic E-state index is -0.559. The molecule has 0 radical (unpaired) electrons. The van der Waals surface area contributed by atoms with Crippen molar-refractivity contribution in [2.24, 2.45) is 4.99 Å². The van der Waals surface area contributed by atoms with Crippen LogP contribution >= 0.6 is 0 Å². The van der Waals surface area contributed by atoms with E-state index in [0.717, 1.165) is 33.7 Å². The number of carbonyl (C=O) groups excluding carboxylic acids is 2. The van der Waals surface area contributed by atoms with E-state index in [1.807, 2.05) is 82.3 Å². The van der Waals surface area contributed by atoms with Crippen molar-refractivity contribution < 1.29 is 18.8 Å². The topological polar surface area (TPSA) is 81.8 Å². The Morgan fingerprint density at radius 2 is 1.55 bits per heavy atom. The van der Waals surface area contributed by atoms with E-state index in [9.17, 15) is 9.59 Å². The van der Waals surface area contributed by atoms with Crippen LogP contribution in [0.25, 0.3) is 11.1 Å². The summed E-state index contributed by atoms with van der Waals surface area (Å²) in [5.41, 5.74) is 4.96. The van der Waals surface area contributed by atoms with Crippen LogP contribution in [0.5, 0.6) is 0 Å². The molecule has 1 aliphatic heterocycles. The van der Waals surface area contributed by atoms with Crippen molar-refractivity contribution >= 4 is 17.5 Å².